The highest BCUT2D eigenvalue weighted by Gasteiger charge is 2.18. The molecule has 1 amide bonds. The molecule has 4 rings (SSSR count). The van der Waals surface area contributed by atoms with Crippen molar-refractivity contribution in [2.75, 3.05) is 5.32 Å². The van der Waals surface area contributed by atoms with E-state index >= 15 is 0 Å². The maximum Gasteiger partial charge on any atom is 0.258 e. The molecule has 5 heteroatoms. The lowest BCUT2D eigenvalue weighted by Crippen LogP contribution is -2.13. The van der Waals surface area contributed by atoms with E-state index in [1.54, 1.807) is 12.1 Å². The second-order valence-electron chi connectivity index (χ2n) is 6.58. The highest BCUT2D eigenvalue weighted by Crippen LogP contribution is 2.31. The molecule has 1 heterocycles. The van der Waals surface area contributed by atoms with Crippen molar-refractivity contribution in [3.63, 3.8) is 0 Å². The van der Waals surface area contributed by atoms with Gasteiger partial charge in [-0.15, -0.1) is 0 Å². The number of anilines is 1. The van der Waals surface area contributed by atoms with Crippen molar-refractivity contribution in [2.45, 2.75) is 38.1 Å². The number of aromatic nitrogens is 2. The van der Waals surface area contributed by atoms with Crippen molar-refractivity contribution < 1.29 is 9.18 Å². The quantitative estimate of drug-likeness (QED) is 0.736. The van der Waals surface area contributed by atoms with Crippen LogP contribution in [0.5, 0.6) is 0 Å². The summed E-state index contributed by atoms with van der Waals surface area (Å²) in [5, 5.41) is 2.75. The van der Waals surface area contributed by atoms with Crippen molar-refractivity contribution in [1.82, 2.24) is 9.55 Å². The first kappa shape index (κ1) is 15.8. The van der Waals surface area contributed by atoms with Gasteiger partial charge in [0, 0.05) is 11.7 Å². The summed E-state index contributed by atoms with van der Waals surface area (Å²) >= 11 is 0. The Morgan fingerprint density at radius 2 is 1.92 bits per heavy atom. The van der Waals surface area contributed by atoms with Gasteiger partial charge in [0.1, 0.15) is 5.82 Å². The van der Waals surface area contributed by atoms with Gasteiger partial charge in [0.25, 0.3) is 5.91 Å². The average Bonchev–Trinajstić information content (AvgIpc) is 3.06. The van der Waals surface area contributed by atoms with E-state index in [0.717, 1.165) is 11.0 Å². The lowest BCUT2D eigenvalue weighted by Gasteiger charge is -2.23. The second kappa shape index (κ2) is 6.67. The standard InChI is InChI=1S/C20H20FN3O/c21-17-9-5-4-8-16(17)20(25)23-14-10-11-19-18(12-14)22-13-24(19)15-6-2-1-3-7-15/h4-5,8-13,15H,1-3,6-7H2,(H,23,25). The number of imidazole rings is 1. The summed E-state index contributed by atoms with van der Waals surface area (Å²) in [6, 6.07) is 12.1. The molecule has 4 nitrogen and oxygen atoms in total. The lowest BCUT2D eigenvalue weighted by molar-refractivity contribution is 0.102. The van der Waals surface area contributed by atoms with Crippen LogP contribution in [-0.4, -0.2) is 15.5 Å². The average molecular weight is 337 g/mol. The minimum atomic E-state index is -0.525. The zero-order valence-corrected chi connectivity index (χ0v) is 13.9. The Hall–Kier alpha value is -2.69. The number of carbonyl (C=O) groups excluding carboxylic acids is 1. The molecule has 0 unspecified atom stereocenters. The van der Waals surface area contributed by atoms with Crippen LogP contribution in [0.3, 0.4) is 0 Å². The molecular formula is C20H20FN3O. The topological polar surface area (TPSA) is 46.9 Å². The second-order valence-corrected chi connectivity index (χ2v) is 6.58. The number of nitrogens with one attached hydrogen (secondary N) is 1. The molecule has 0 aliphatic heterocycles. The highest BCUT2D eigenvalue weighted by atomic mass is 19.1. The number of benzene rings is 2. The zero-order valence-electron chi connectivity index (χ0n) is 13.9. The maximum absolute atomic E-state index is 13.7. The molecule has 1 aliphatic rings. The Kier molecular flexibility index (Phi) is 4.22. The number of fused-ring (bicyclic) bond motifs is 1. The Labute approximate surface area is 145 Å². The van der Waals surface area contributed by atoms with Gasteiger partial charge >= 0.3 is 0 Å². The minimum absolute atomic E-state index is 0.0373. The first-order valence-corrected chi connectivity index (χ1v) is 8.75. The normalized spacial score (nSPS) is 15.4. The molecular weight excluding hydrogens is 317 g/mol. The monoisotopic (exact) mass is 337 g/mol. The largest absolute Gasteiger partial charge is 0.327 e. The molecule has 1 saturated carbocycles. The van der Waals surface area contributed by atoms with Gasteiger partial charge in [-0.3, -0.25) is 4.79 Å². The number of carbonyl (C=O) groups is 1. The number of nitrogens with zero attached hydrogens (tertiary/aromatic N) is 2. The number of hydrogen-bond acceptors (Lipinski definition) is 2. The molecule has 0 bridgehead atoms. The van der Waals surface area contributed by atoms with E-state index in [2.05, 4.69) is 14.9 Å². The molecule has 3 aromatic rings. The van der Waals surface area contributed by atoms with Gasteiger partial charge in [-0.25, -0.2) is 9.37 Å². The fourth-order valence-corrected chi connectivity index (χ4v) is 3.60. The Morgan fingerprint density at radius 1 is 1.12 bits per heavy atom. The van der Waals surface area contributed by atoms with Crippen molar-refractivity contribution in [2.24, 2.45) is 0 Å². The van der Waals surface area contributed by atoms with Crippen molar-refractivity contribution in [3.8, 4) is 0 Å². The summed E-state index contributed by atoms with van der Waals surface area (Å²) in [5.74, 6) is -0.980. The van der Waals surface area contributed by atoms with Gasteiger partial charge in [-0.1, -0.05) is 31.4 Å². The molecule has 1 aromatic heterocycles. The summed E-state index contributed by atoms with van der Waals surface area (Å²) < 4.78 is 16.0. The molecule has 1 fully saturated rings. The van der Waals surface area contributed by atoms with Gasteiger partial charge in [-0.05, 0) is 43.2 Å². The minimum Gasteiger partial charge on any atom is -0.327 e. The molecule has 0 spiro atoms. The van der Waals surface area contributed by atoms with Crippen LogP contribution in [-0.2, 0) is 0 Å². The number of rotatable bonds is 3. The van der Waals surface area contributed by atoms with Gasteiger partial charge in [-0.2, -0.15) is 0 Å². The van der Waals surface area contributed by atoms with Crippen LogP contribution in [0.15, 0.2) is 48.8 Å². The summed E-state index contributed by atoms with van der Waals surface area (Å²) in [7, 11) is 0. The van der Waals surface area contributed by atoms with Gasteiger partial charge in [0.15, 0.2) is 0 Å². The molecule has 25 heavy (non-hydrogen) atoms. The Balaban J connectivity index is 1.58. The van der Waals surface area contributed by atoms with E-state index in [9.17, 15) is 9.18 Å². The van der Waals surface area contributed by atoms with Crippen LogP contribution in [0.4, 0.5) is 10.1 Å². The predicted octanol–water partition coefficient (Wildman–Crippen LogP) is 4.93. The van der Waals surface area contributed by atoms with E-state index in [1.807, 2.05) is 24.5 Å². The highest BCUT2D eigenvalue weighted by molar-refractivity contribution is 6.05. The summed E-state index contributed by atoms with van der Waals surface area (Å²) in [6.07, 6.45) is 8.12. The first-order chi connectivity index (χ1) is 12.2. The molecule has 0 saturated heterocycles. The smallest absolute Gasteiger partial charge is 0.258 e. The Morgan fingerprint density at radius 3 is 2.72 bits per heavy atom. The summed E-state index contributed by atoms with van der Waals surface area (Å²) in [4.78, 5) is 16.7. The molecule has 0 radical (unpaired) electrons. The van der Waals surface area contributed by atoms with Gasteiger partial charge < -0.3 is 9.88 Å². The number of hydrogen-bond donors (Lipinski definition) is 1. The predicted molar refractivity (Wildman–Crippen MR) is 96.2 cm³/mol. The SMILES string of the molecule is O=C(Nc1ccc2c(c1)ncn2C1CCCCC1)c1ccccc1F. The van der Waals surface area contributed by atoms with E-state index in [1.165, 1.54) is 44.2 Å². The van der Waals surface area contributed by atoms with Crippen LogP contribution < -0.4 is 5.32 Å². The van der Waals surface area contributed by atoms with Crippen molar-refractivity contribution >= 4 is 22.6 Å². The summed E-state index contributed by atoms with van der Waals surface area (Å²) in [5.41, 5.74) is 2.58. The Bertz CT molecular complexity index is 912. The van der Waals surface area contributed by atoms with Crippen molar-refractivity contribution in [3.05, 3.63) is 60.2 Å². The third-order valence-corrected chi connectivity index (χ3v) is 4.92. The van der Waals surface area contributed by atoms with Crippen LogP contribution in [0.1, 0.15) is 48.5 Å². The number of amides is 1. The molecule has 2 aromatic carbocycles. The van der Waals surface area contributed by atoms with E-state index in [0.29, 0.717) is 11.7 Å². The van der Waals surface area contributed by atoms with Crippen LogP contribution >= 0.6 is 0 Å². The fourth-order valence-electron chi connectivity index (χ4n) is 3.60. The molecule has 0 atom stereocenters. The van der Waals surface area contributed by atoms with E-state index < -0.39 is 11.7 Å². The molecule has 128 valence electrons. The molecule has 1 N–H and O–H groups in total. The van der Waals surface area contributed by atoms with Crippen LogP contribution in [0.25, 0.3) is 11.0 Å². The van der Waals surface area contributed by atoms with E-state index in [-0.39, 0.29) is 5.56 Å². The van der Waals surface area contributed by atoms with Crippen molar-refractivity contribution in [1.29, 1.82) is 0 Å². The van der Waals surface area contributed by atoms with Crippen LogP contribution in [0, 0.1) is 5.82 Å². The third-order valence-electron chi connectivity index (χ3n) is 4.92. The summed E-state index contributed by atoms with van der Waals surface area (Å²) in [6.45, 7) is 0. The lowest BCUT2D eigenvalue weighted by atomic mass is 9.95. The zero-order chi connectivity index (χ0) is 17.2. The molecule has 1 aliphatic carbocycles. The number of halogens is 1. The van der Waals surface area contributed by atoms with Gasteiger partial charge in [0.05, 0.1) is 22.9 Å². The van der Waals surface area contributed by atoms with Crippen LogP contribution in [0.2, 0.25) is 0 Å². The first-order valence-electron chi connectivity index (χ1n) is 8.75. The van der Waals surface area contributed by atoms with E-state index in [4.69, 9.17) is 0 Å². The third kappa shape index (κ3) is 3.14. The maximum atomic E-state index is 13.7. The van der Waals surface area contributed by atoms with Gasteiger partial charge in [0.2, 0.25) is 0 Å². The fraction of sp³-hybridized carbons (Fsp3) is 0.300.